The van der Waals surface area contributed by atoms with E-state index < -0.39 is 0 Å². The summed E-state index contributed by atoms with van der Waals surface area (Å²) in [5.41, 5.74) is 1.91. The van der Waals surface area contributed by atoms with E-state index in [4.69, 9.17) is 0 Å². The van der Waals surface area contributed by atoms with E-state index in [-0.39, 0.29) is 11.8 Å². The fraction of sp³-hybridized carbons (Fsp3) is 0.571. The summed E-state index contributed by atoms with van der Waals surface area (Å²) in [5, 5.41) is 3.74. The van der Waals surface area contributed by atoms with Gasteiger partial charge in [0.05, 0.1) is 5.56 Å². The van der Waals surface area contributed by atoms with Crippen LogP contribution in [-0.2, 0) is 17.6 Å². The average molecular weight is 263 g/mol. The van der Waals surface area contributed by atoms with Crippen molar-refractivity contribution in [1.29, 1.82) is 0 Å². The van der Waals surface area contributed by atoms with E-state index in [1.807, 2.05) is 0 Å². The van der Waals surface area contributed by atoms with Crippen molar-refractivity contribution in [2.45, 2.75) is 39.0 Å². The lowest BCUT2D eigenvalue weighted by atomic mass is 9.96. The molecule has 0 bridgehead atoms. The third kappa shape index (κ3) is 1.99. The molecule has 1 heterocycles. The van der Waals surface area contributed by atoms with Gasteiger partial charge in [0.25, 0.3) is 0 Å². The minimum atomic E-state index is 0.0872. The van der Waals surface area contributed by atoms with Gasteiger partial charge in [-0.25, -0.2) is 0 Å². The Bertz CT molecular complexity index is 506. The highest BCUT2D eigenvalue weighted by molar-refractivity contribution is 7.16. The largest absolute Gasteiger partial charge is 0.317 e. The molecule has 1 fully saturated rings. The lowest BCUT2D eigenvalue weighted by molar-refractivity contribution is -0.117. The second-order valence-corrected chi connectivity index (χ2v) is 6.49. The summed E-state index contributed by atoms with van der Waals surface area (Å²) in [5.74, 6) is 0.743. The van der Waals surface area contributed by atoms with Crippen molar-refractivity contribution < 1.29 is 9.59 Å². The Kier molecular flexibility index (Phi) is 2.98. The lowest BCUT2D eigenvalue weighted by Crippen LogP contribution is -2.14. The number of anilines is 1. The minimum Gasteiger partial charge on any atom is -0.317 e. The number of aldehydes is 1. The van der Waals surface area contributed by atoms with Gasteiger partial charge in [-0.1, -0.05) is 6.92 Å². The first-order chi connectivity index (χ1) is 8.70. The number of aryl methyl sites for hydroxylation is 1. The molecule has 3 nitrogen and oxygen atoms in total. The van der Waals surface area contributed by atoms with Gasteiger partial charge in [0.15, 0.2) is 6.29 Å². The maximum atomic E-state index is 11.9. The zero-order valence-corrected chi connectivity index (χ0v) is 11.3. The maximum Gasteiger partial charge on any atom is 0.228 e. The number of amides is 1. The average Bonchev–Trinajstić information content (AvgIpc) is 3.00. The highest BCUT2D eigenvalue weighted by atomic mass is 32.1. The van der Waals surface area contributed by atoms with Gasteiger partial charge in [-0.2, -0.15) is 0 Å². The molecule has 1 amide bonds. The van der Waals surface area contributed by atoms with Crippen LogP contribution in [0.5, 0.6) is 0 Å². The van der Waals surface area contributed by atoms with Crippen LogP contribution in [-0.4, -0.2) is 12.2 Å². The van der Waals surface area contributed by atoms with E-state index in [1.165, 1.54) is 16.9 Å². The number of thiophene rings is 1. The van der Waals surface area contributed by atoms with E-state index >= 15 is 0 Å². The van der Waals surface area contributed by atoms with Crippen LogP contribution in [0.4, 0.5) is 5.00 Å². The van der Waals surface area contributed by atoms with E-state index in [0.29, 0.717) is 5.92 Å². The lowest BCUT2D eigenvalue weighted by Gasteiger charge is -2.10. The molecule has 0 aromatic carbocycles. The molecule has 2 atom stereocenters. The van der Waals surface area contributed by atoms with E-state index in [2.05, 4.69) is 12.2 Å². The fourth-order valence-corrected chi connectivity index (χ4v) is 3.96. The van der Waals surface area contributed by atoms with Crippen LogP contribution < -0.4 is 5.32 Å². The molecule has 18 heavy (non-hydrogen) atoms. The third-order valence-electron chi connectivity index (χ3n) is 4.01. The normalized spacial score (nSPS) is 25.4. The molecule has 4 heteroatoms. The molecule has 2 aliphatic rings. The highest BCUT2D eigenvalue weighted by Gasteiger charge is 2.39. The molecule has 0 saturated heterocycles. The van der Waals surface area contributed by atoms with Crippen molar-refractivity contribution in [3.8, 4) is 0 Å². The second kappa shape index (κ2) is 4.50. The zero-order valence-electron chi connectivity index (χ0n) is 10.5. The Labute approximate surface area is 111 Å². The van der Waals surface area contributed by atoms with Crippen LogP contribution in [0.1, 0.15) is 47.0 Å². The number of rotatable bonds is 3. The van der Waals surface area contributed by atoms with Crippen LogP contribution in [0, 0.1) is 11.8 Å². The standard InChI is InChI=1S/C14H17NO2S/c1-8-6-10(8)13(17)15-14-11(7-16)9-4-2-3-5-12(9)18-14/h7-8,10H,2-6H2,1H3,(H,15,17). The first kappa shape index (κ1) is 11.9. The molecular weight excluding hydrogens is 246 g/mol. The first-order valence-electron chi connectivity index (χ1n) is 6.61. The molecule has 2 unspecified atom stereocenters. The summed E-state index contributed by atoms with van der Waals surface area (Å²) >= 11 is 1.60. The number of nitrogens with one attached hydrogen (secondary N) is 1. The molecule has 1 aromatic heterocycles. The summed E-state index contributed by atoms with van der Waals surface area (Å²) in [6, 6.07) is 0. The zero-order chi connectivity index (χ0) is 12.7. The van der Waals surface area contributed by atoms with Crippen LogP contribution in [0.3, 0.4) is 0 Å². The summed E-state index contributed by atoms with van der Waals surface area (Å²) in [6.07, 6.45) is 6.27. The summed E-state index contributed by atoms with van der Waals surface area (Å²) in [6.45, 7) is 2.09. The predicted molar refractivity (Wildman–Crippen MR) is 72.2 cm³/mol. The number of carbonyl (C=O) groups is 2. The molecule has 0 radical (unpaired) electrons. The Balaban J connectivity index is 1.85. The third-order valence-corrected chi connectivity index (χ3v) is 5.24. The molecule has 96 valence electrons. The Morgan fingerprint density at radius 3 is 2.78 bits per heavy atom. The number of hydrogen-bond acceptors (Lipinski definition) is 3. The van der Waals surface area contributed by atoms with Crippen LogP contribution >= 0.6 is 11.3 Å². The van der Waals surface area contributed by atoms with Gasteiger partial charge >= 0.3 is 0 Å². The second-order valence-electron chi connectivity index (χ2n) is 5.38. The van der Waals surface area contributed by atoms with Gasteiger partial charge in [-0.15, -0.1) is 11.3 Å². The Morgan fingerprint density at radius 1 is 1.39 bits per heavy atom. The quantitative estimate of drug-likeness (QED) is 0.852. The van der Waals surface area contributed by atoms with Gasteiger partial charge in [0, 0.05) is 10.8 Å². The van der Waals surface area contributed by atoms with Gasteiger partial charge in [0.2, 0.25) is 5.91 Å². The number of carbonyl (C=O) groups excluding carboxylic acids is 2. The highest BCUT2D eigenvalue weighted by Crippen LogP contribution is 2.41. The maximum absolute atomic E-state index is 11.9. The molecule has 3 rings (SSSR count). The summed E-state index contributed by atoms with van der Waals surface area (Å²) < 4.78 is 0. The molecule has 2 aliphatic carbocycles. The summed E-state index contributed by atoms with van der Waals surface area (Å²) in [7, 11) is 0. The SMILES string of the molecule is CC1CC1C(=O)Nc1sc2c(c1C=O)CCCC2. The van der Waals surface area contributed by atoms with Crippen LogP contribution in [0.25, 0.3) is 0 Å². The first-order valence-corrected chi connectivity index (χ1v) is 7.43. The molecular formula is C14H17NO2S. The number of hydrogen-bond donors (Lipinski definition) is 1. The van der Waals surface area contributed by atoms with Crippen molar-refractivity contribution >= 4 is 28.5 Å². The molecule has 0 aliphatic heterocycles. The number of fused-ring (bicyclic) bond motifs is 1. The van der Waals surface area contributed by atoms with Crippen molar-refractivity contribution in [1.82, 2.24) is 0 Å². The van der Waals surface area contributed by atoms with Crippen LogP contribution in [0.15, 0.2) is 0 Å². The van der Waals surface area contributed by atoms with E-state index in [0.717, 1.165) is 42.5 Å². The Morgan fingerprint density at radius 2 is 2.11 bits per heavy atom. The topological polar surface area (TPSA) is 46.2 Å². The fourth-order valence-electron chi connectivity index (χ4n) is 2.70. The predicted octanol–water partition coefficient (Wildman–Crippen LogP) is 3.03. The van der Waals surface area contributed by atoms with Crippen LogP contribution in [0.2, 0.25) is 0 Å². The van der Waals surface area contributed by atoms with Crippen molar-refractivity contribution in [3.05, 3.63) is 16.0 Å². The smallest absolute Gasteiger partial charge is 0.228 e. The van der Waals surface area contributed by atoms with E-state index in [1.54, 1.807) is 11.3 Å². The van der Waals surface area contributed by atoms with Crippen molar-refractivity contribution in [2.75, 3.05) is 5.32 Å². The summed E-state index contributed by atoms with van der Waals surface area (Å²) in [4.78, 5) is 24.5. The monoisotopic (exact) mass is 263 g/mol. The van der Waals surface area contributed by atoms with Gasteiger partial charge in [-0.05, 0) is 43.6 Å². The molecule has 1 N–H and O–H groups in total. The van der Waals surface area contributed by atoms with Gasteiger partial charge < -0.3 is 5.32 Å². The van der Waals surface area contributed by atoms with E-state index in [9.17, 15) is 9.59 Å². The van der Waals surface area contributed by atoms with Crippen molar-refractivity contribution in [2.24, 2.45) is 11.8 Å². The van der Waals surface area contributed by atoms with Crippen molar-refractivity contribution in [3.63, 3.8) is 0 Å². The Hall–Kier alpha value is -1.16. The van der Waals surface area contributed by atoms with Gasteiger partial charge in [-0.3, -0.25) is 9.59 Å². The minimum absolute atomic E-state index is 0.0872. The molecule has 1 saturated carbocycles. The molecule has 0 spiro atoms. The van der Waals surface area contributed by atoms with Gasteiger partial charge in [0.1, 0.15) is 5.00 Å². The molecule has 1 aromatic rings.